The normalized spacial score (nSPS) is 12.3. The van der Waals surface area contributed by atoms with Crippen LogP contribution in [0.5, 0.6) is 0 Å². The number of hydrogen-bond acceptors (Lipinski definition) is 3. The van der Waals surface area contributed by atoms with Crippen molar-refractivity contribution in [3.8, 4) is 0 Å². The summed E-state index contributed by atoms with van der Waals surface area (Å²) in [5.74, 6) is 0.500. The Morgan fingerprint density at radius 1 is 1.24 bits per heavy atom. The maximum Gasteiger partial charge on any atom is 0.239 e. The molecule has 1 rings (SSSR count). The van der Waals surface area contributed by atoms with Gasteiger partial charge < -0.3 is 16.0 Å². The summed E-state index contributed by atoms with van der Waals surface area (Å²) in [6.07, 6.45) is 0.876. The van der Waals surface area contributed by atoms with E-state index in [0.29, 0.717) is 19.0 Å². The highest BCUT2D eigenvalue weighted by Crippen LogP contribution is 2.15. The molecule has 0 fully saturated rings. The maximum absolute atomic E-state index is 12.2. The van der Waals surface area contributed by atoms with Crippen LogP contribution in [0.4, 0.5) is 5.69 Å². The van der Waals surface area contributed by atoms with Crippen molar-refractivity contribution in [2.45, 2.75) is 40.2 Å². The minimum absolute atomic E-state index is 0.0637. The zero-order chi connectivity index (χ0) is 15.8. The molecule has 0 heterocycles. The van der Waals surface area contributed by atoms with Gasteiger partial charge in [-0.15, -0.1) is 0 Å². The molecule has 4 nitrogen and oxygen atoms in total. The summed E-state index contributed by atoms with van der Waals surface area (Å²) in [6.45, 7) is 10.1. The number of nitrogens with one attached hydrogen (secondary N) is 1. The lowest BCUT2D eigenvalue weighted by atomic mass is 10.1. The number of aryl methyl sites for hydroxylation is 1. The molecule has 1 atom stereocenters. The van der Waals surface area contributed by atoms with Gasteiger partial charge in [0.1, 0.15) is 0 Å². The van der Waals surface area contributed by atoms with Gasteiger partial charge in [-0.3, -0.25) is 4.79 Å². The average molecular weight is 291 g/mol. The van der Waals surface area contributed by atoms with E-state index in [4.69, 9.17) is 5.73 Å². The van der Waals surface area contributed by atoms with Crippen LogP contribution in [0.1, 0.15) is 32.8 Å². The van der Waals surface area contributed by atoms with E-state index < -0.39 is 0 Å². The molecule has 0 saturated heterocycles. The monoisotopic (exact) mass is 291 g/mol. The fraction of sp³-hybridized carbons (Fsp3) is 0.588. The van der Waals surface area contributed by atoms with Crippen molar-refractivity contribution < 1.29 is 4.79 Å². The Balaban J connectivity index is 2.69. The Kier molecular flexibility index (Phi) is 7.23. The molecule has 1 aromatic carbocycles. The molecule has 0 spiro atoms. The first kappa shape index (κ1) is 17.5. The van der Waals surface area contributed by atoms with E-state index >= 15 is 0 Å². The Hall–Kier alpha value is -1.55. The smallest absolute Gasteiger partial charge is 0.239 e. The second kappa shape index (κ2) is 8.67. The van der Waals surface area contributed by atoms with E-state index in [1.807, 2.05) is 6.92 Å². The first-order chi connectivity index (χ1) is 9.93. The van der Waals surface area contributed by atoms with Crippen LogP contribution in [0.3, 0.4) is 0 Å². The molecule has 4 heteroatoms. The third-order valence-corrected chi connectivity index (χ3v) is 3.75. The lowest BCUT2D eigenvalue weighted by molar-refractivity contribution is -0.120. The van der Waals surface area contributed by atoms with Crippen LogP contribution >= 0.6 is 0 Å². The second-order valence-electron chi connectivity index (χ2n) is 6.00. The summed E-state index contributed by atoms with van der Waals surface area (Å²) in [4.78, 5) is 14.3. The van der Waals surface area contributed by atoms with Crippen LogP contribution in [0, 0.1) is 12.8 Å². The largest absolute Gasteiger partial charge is 0.362 e. The number of amides is 1. The van der Waals surface area contributed by atoms with Crippen molar-refractivity contribution in [2.75, 3.05) is 24.5 Å². The number of nitrogens with zero attached hydrogens (tertiary/aromatic N) is 1. The predicted octanol–water partition coefficient (Wildman–Crippen LogP) is 2.31. The summed E-state index contributed by atoms with van der Waals surface area (Å²) in [6, 6.07) is 8.45. The van der Waals surface area contributed by atoms with Crippen LogP contribution in [0.15, 0.2) is 24.3 Å². The van der Waals surface area contributed by atoms with Crippen molar-refractivity contribution in [1.82, 2.24) is 5.32 Å². The third kappa shape index (κ3) is 6.17. The van der Waals surface area contributed by atoms with Crippen LogP contribution in [0.25, 0.3) is 0 Å². The van der Waals surface area contributed by atoms with Gasteiger partial charge in [0.05, 0.1) is 6.54 Å². The van der Waals surface area contributed by atoms with E-state index in [1.54, 1.807) is 0 Å². The summed E-state index contributed by atoms with van der Waals surface area (Å²) in [5, 5.41) is 3.06. The number of anilines is 1. The molecule has 0 saturated carbocycles. The van der Waals surface area contributed by atoms with E-state index in [1.165, 1.54) is 5.56 Å². The standard InChI is InChI=1S/C17H29N3O/c1-13(2)15(4)19-17(21)12-20(11-5-10-18)16-8-6-14(3)7-9-16/h6-9,13,15H,5,10-12,18H2,1-4H3,(H,19,21). The summed E-state index contributed by atoms with van der Waals surface area (Å²) in [7, 11) is 0. The van der Waals surface area contributed by atoms with Crippen LogP contribution in [0.2, 0.25) is 0 Å². The van der Waals surface area contributed by atoms with Gasteiger partial charge in [0.2, 0.25) is 5.91 Å². The van der Waals surface area contributed by atoms with Crippen molar-refractivity contribution in [1.29, 1.82) is 0 Å². The van der Waals surface area contributed by atoms with E-state index in [9.17, 15) is 4.79 Å². The molecule has 1 aromatic rings. The highest BCUT2D eigenvalue weighted by Gasteiger charge is 2.14. The van der Waals surface area contributed by atoms with Gasteiger partial charge in [0, 0.05) is 18.3 Å². The highest BCUT2D eigenvalue weighted by atomic mass is 16.2. The lowest BCUT2D eigenvalue weighted by Crippen LogP contribution is -2.43. The molecule has 118 valence electrons. The topological polar surface area (TPSA) is 58.4 Å². The highest BCUT2D eigenvalue weighted by molar-refractivity contribution is 5.81. The Morgan fingerprint density at radius 3 is 2.38 bits per heavy atom. The zero-order valence-corrected chi connectivity index (χ0v) is 13.7. The van der Waals surface area contributed by atoms with Crippen LogP contribution in [-0.4, -0.2) is 31.6 Å². The number of benzene rings is 1. The lowest BCUT2D eigenvalue weighted by Gasteiger charge is -2.26. The van der Waals surface area contributed by atoms with Crippen molar-refractivity contribution in [3.05, 3.63) is 29.8 Å². The van der Waals surface area contributed by atoms with E-state index in [-0.39, 0.29) is 11.9 Å². The van der Waals surface area contributed by atoms with Crippen molar-refractivity contribution in [3.63, 3.8) is 0 Å². The molecule has 3 N–H and O–H groups in total. The molecule has 0 aromatic heterocycles. The minimum atomic E-state index is 0.0637. The molecule has 21 heavy (non-hydrogen) atoms. The first-order valence-corrected chi connectivity index (χ1v) is 7.75. The minimum Gasteiger partial charge on any atom is -0.362 e. The van der Waals surface area contributed by atoms with E-state index in [2.05, 4.69) is 55.3 Å². The molecule has 0 aliphatic rings. The molecule has 0 radical (unpaired) electrons. The van der Waals surface area contributed by atoms with Gasteiger partial charge in [0.15, 0.2) is 0 Å². The average Bonchev–Trinajstić information content (AvgIpc) is 2.44. The Morgan fingerprint density at radius 2 is 1.86 bits per heavy atom. The number of hydrogen-bond donors (Lipinski definition) is 2. The molecular formula is C17H29N3O. The predicted molar refractivity (Wildman–Crippen MR) is 89.5 cm³/mol. The number of nitrogens with two attached hydrogens (primary N) is 1. The fourth-order valence-corrected chi connectivity index (χ4v) is 1.98. The molecule has 1 unspecified atom stereocenters. The van der Waals surface area contributed by atoms with Crippen molar-refractivity contribution in [2.24, 2.45) is 11.7 Å². The summed E-state index contributed by atoms with van der Waals surface area (Å²) >= 11 is 0. The van der Waals surface area contributed by atoms with Gasteiger partial charge in [0.25, 0.3) is 0 Å². The molecule has 0 aliphatic heterocycles. The third-order valence-electron chi connectivity index (χ3n) is 3.75. The SMILES string of the molecule is Cc1ccc(N(CCCN)CC(=O)NC(C)C(C)C)cc1. The van der Waals surface area contributed by atoms with Gasteiger partial charge in [-0.2, -0.15) is 0 Å². The molecule has 1 amide bonds. The molecule has 0 bridgehead atoms. The van der Waals surface area contributed by atoms with Crippen LogP contribution < -0.4 is 16.0 Å². The van der Waals surface area contributed by atoms with Gasteiger partial charge in [-0.05, 0) is 44.9 Å². The van der Waals surface area contributed by atoms with Gasteiger partial charge in [-0.25, -0.2) is 0 Å². The quantitative estimate of drug-likeness (QED) is 0.773. The van der Waals surface area contributed by atoms with E-state index in [0.717, 1.165) is 18.7 Å². The summed E-state index contributed by atoms with van der Waals surface area (Å²) in [5.41, 5.74) is 7.89. The second-order valence-corrected chi connectivity index (χ2v) is 6.00. The van der Waals surface area contributed by atoms with Gasteiger partial charge >= 0.3 is 0 Å². The molecular weight excluding hydrogens is 262 g/mol. The molecule has 0 aliphatic carbocycles. The summed E-state index contributed by atoms with van der Waals surface area (Å²) < 4.78 is 0. The zero-order valence-electron chi connectivity index (χ0n) is 13.7. The number of carbonyl (C=O) groups excluding carboxylic acids is 1. The fourth-order valence-electron chi connectivity index (χ4n) is 1.98. The Bertz CT molecular complexity index is 428. The maximum atomic E-state index is 12.2. The van der Waals surface area contributed by atoms with Gasteiger partial charge in [-0.1, -0.05) is 31.5 Å². The van der Waals surface area contributed by atoms with Crippen molar-refractivity contribution >= 4 is 11.6 Å². The first-order valence-electron chi connectivity index (χ1n) is 7.75. The van der Waals surface area contributed by atoms with Crippen LogP contribution in [-0.2, 0) is 4.79 Å². The number of carbonyl (C=O) groups is 1. The number of rotatable bonds is 8. The Labute approximate surface area is 128 Å².